The van der Waals surface area contributed by atoms with E-state index in [4.69, 9.17) is 9.47 Å². The summed E-state index contributed by atoms with van der Waals surface area (Å²) in [5.41, 5.74) is -0.366. The van der Waals surface area contributed by atoms with E-state index in [0.717, 1.165) is 25.7 Å². The molecule has 2 atom stereocenters. The lowest BCUT2D eigenvalue weighted by Gasteiger charge is -2.22. The highest BCUT2D eigenvalue weighted by atomic mass is 16.7. The van der Waals surface area contributed by atoms with Crippen molar-refractivity contribution >= 4 is 0 Å². The Labute approximate surface area is 85.4 Å². The van der Waals surface area contributed by atoms with E-state index in [9.17, 15) is 5.11 Å². The lowest BCUT2D eigenvalue weighted by atomic mass is 10.0. The summed E-state index contributed by atoms with van der Waals surface area (Å²) < 4.78 is 11.0. The fourth-order valence-electron chi connectivity index (χ4n) is 2.24. The molecule has 0 aromatic rings. The molecule has 0 aromatic carbocycles. The smallest absolute Gasteiger partial charge is 0.165 e. The van der Waals surface area contributed by atoms with Crippen LogP contribution in [0.15, 0.2) is 0 Å². The maximum absolute atomic E-state index is 9.87. The van der Waals surface area contributed by atoms with E-state index >= 15 is 0 Å². The third-order valence-electron chi connectivity index (χ3n) is 3.56. The van der Waals surface area contributed by atoms with Crippen LogP contribution in [0.3, 0.4) is 0 Å². The first-order chi connectivity index (χ1) is 6.54. The Bertz CT molecular complexity index is 211. The zero-order valence-electron chi connectivity index (χ0n) is 9.08. The van der Waals surface area contributed by atoms with Gasteiger partial charge in [0.2, 0.25) is 0 Å². The number of hydrogen-bond donors (Lipinski definition) is 1. The molecule has 1 saturated carbocycles. The number of aliphatic hydroxyl groups is 1. The summed E-state index contributed by atoms with van der Waals surface area (Å²) in [6.07, 6.45) is 3.72. The Balaban J connectivity index is 1.68. The topological polar surface area (TPSA) is 38.7 Å². The van der Waals surface area contributed by atoms with Crippen LogP contribution in [0, 0.1) is 5.92 Å². The van der Waals surface area contributed by atoms with E-state index in [1.165, 1.54) is 0 Å². The molecule has 2 aliphatic rings. The SMILES string of the molecule is C[C@H]1C[C@]1(O)CCCC1(C)OCCO1. The molecule has 1 aliphatic carbocycles. The van der Waals surface area contributed by atoms with Crippen molar-refractivity contribution in [1.29, 1.82) is 0 Å². The molecule has 0 amide bonds. The average Bonchev–Trinajstić information content (AvgIpc) is 2.55. The maximum Gasteiger partial charge on any atom is 0.165 e. The van der Waals surface area contributed by atoms with Gasteiger partial charge in [0.1, 0.15) is 0 Å². The molecule has 14 heavy (non-hydrogen) atoms. The van der Waals surface area contributed by atoms with Crippen molar-refractivity contribution in [3.05, 3.63) is 0 Å². The molecular formula is C11H20O3. The summed E-state index contributed by atoms with van der Waals surface area (Å²) in [7, 11) is 0. The normalized spacial score (nSPS) is 40.1. The van der Waals surface area contributed by atoms with E-state index in [1.807, 2.05) is 6.92 Å². The Morgan fingerprint density at radius 1 is 1.29 bits per heavy atom. The molecule has 0 bridgehead atoms. The van der Waals surface area contributed by atoms with Crippen LogP contribution < -0.4 is 0 Å². The minimum Gasteiger partial charge on any atom is -0.390 e. The molecule has 82 valence electrons. The predicted molar refractivity (Wildman–Crippen MR) is 52.9 cm³/mol. The molecule has 1 heterocycles. The van der Waals surface area contributed by atoms with Crippen LogP contribution in [0.2, 0.25) is 0 Å². The largest absolute Gasteiger partial charge is 0.390 e. The van der Waals surface area contributed by atoms with Crippen molar-refractivity contribution < 1.29 is 14.6 Å². The third kappa shape index (κ3) is 2.10. The molecule has 1 N–H and O–H groups in total. The molecule has 0 spiro atoms. The van der Waals surface area contributed by atoms with E-state index in [2.05, 4.69) is 6.92 Å². The summed E-state index contributed by atoms with van der Waals surface area (Å²) in [5.74, 6) is 0.106. The molecule has 0 aromatic heterocycles. The van der Waals surface area contributed by atoms with Gasteiger partial charge in [0, 0.05) is 6.42 Å². The van der Waals surface area contributed by atoms with Gasteiger partial charge in [-0.3, -0.25) is 0 Å². The van der Waals surface area contributed by atoms with Crippen LogP contribution in [0.4, 0.5) is 0 Å². The second-order valence-corrected chi connectivity index (χ2v) is 4.89. The van der Waals surface area contributed by atoms with Gasteiger partial charge in [0.25, 0.3) is 0 Å². The molecule has 1 aliphatic heterocycles. The maximum atomic E-state index is 9.87. The van der Waals surface area contributed by atoms with Gasteiger partial charge in [-0.15, -0.1) is 0 Å². The number of rotatable bonds is 4. The quantitative estimate of drug-likeness (QED) is 0.750. The fraction of sp³-hybridized carbons (Fsp3) is 1.00. The Morgan fingerprint density at radius 2 is 1.86 bits per heavy atom. The van der Waals surface area contributed by atoms with Gasteiger partial charge < -0.3 is 14.6 Å². The molecular weight excluding hydrogens is 180 g/mol. The van der Waals surface area contributed by atoms with Crippen LogP contribution in [0.1, 0.15) is 39.5 Å². The molecule has 2 fully saturated rings. The van der Waals surface area contributed by atoms with Crippen LogP contribution in [0.5, 0.6) is 0 Å². The van der Waals surface area contributed by atoms with Crippen LogP contribution in [-0.4, -0.2) is 29.7 Å². The first-order valence-electron chi connectivity index (χ1n) is 5.54. The molecule has 0 radical (unpaired) electrons. The summed E-state index contributed by atoms with van der Waals surface area (Å²) in [6.45, 7) is 5.50. The Morgan fingerprint density at radius 3 is 2.36 bits per heavy atom. The summed E-state index contributed by atoms with van der Waals surface area (Å²) >= 11 is 0. The fourth-order valence-corrected chi connectivity index (χ4v) is 2.24. The summed E-state index contributed by atoms with van der Waals surface area (Å²) in [4.78, 5) is 0. The molecule has 1 saturated heterocycles. The minimum absolute atomic E-state index is 0.366. The van der Waals surface area contributed by atoms with Gasteiger partial charge in [-0.2, -0.15) is 0 Å². The first-order valence-corrected chi connectivity index (χ1v) is 5.54. The molecule has 0 unspecified atom stereocenters. The predicted octanol–water partition coefficient (Wildman–Crippen LogP) is 1.69. The summed E-state index contributed by atoms with van der Waals surface area (Å²) in [5, 5.41) is 9.87. The van der Waals surface area contributed by atoms with Crippen molar-refractivity contribution in [2.75, 3.05) is 13.2 Å². The van der Waals surface area contributed by atoms with Gasteiger partial charge in [-0.25, -0.2) is 0 Å². The van der Waals surface area contributed by atoms with Crippen LogP contribution >= 0.6 is 0 Å². The molecule has 3 nitrogen and oxygen atoms in total. The highest BCUT2D eigenvalue weighted by Gasteiger charge is 2.49. The van der Waals surface area contributed by atoms with Gasteiger partial charge in [0.15, 0.2) is 5.79 Å². The second kappa shape index (κ2) is 3.47. The molecule has 2 rings (SSSR count). The van der Waals surface area contributed by atoms with Crippen molar-refractivity contribution in [2.24, 2.45) is 5.92 Å². The average molecular weight is 200 g/mol. The van der Waals surface area contributed by atoms with Crippen molar-refractivity contribution in [3.63, 3.8) is 0 Å². The zero-order chi connectivity index (χ0) is 10.2. The van der Waals surface area contributed by atoms with E-state index < -0.39 is 0 Å². The summed E-state index contributed by atoms with van der Waals surface area (Å²) in [6, 6.07) is 0. The lowest BCUT2D eigenvalue weighted by Crippen LogP contribution is -2.26. The van der Waals surface area contributed by atoms with E-state index in [-0.39, 0.29) is 11.4 Å². The van der Waals surface area contributed by atoms with Gasteiger partial charge in [-0.05, 0) is 32.1 Å². The van der Waals surface area contributed by atoms with Gasteiger partial charge in [0.05, 0.1) is 18.8 Å². The Kier molecular flexibility index (Phi) is 2.58. The van der Waals surface area contributed by atoms with Crippen molar-refractivity contribution in [2.45, 2.75) is 50.9 Å². The number of ether oxygens (including phenoxy) is 2. The highest BCUT2D eigenvalue weighted by Crippen LogP contribution is 2.47. The number of hydrogen-bond acceptors (Lipinski definition) is 3. The van der Waals surface area contributed by atoms with Crippen molar-refractivity contribution in [3.8, 4) is 0 Å². The lowest BCUT2D eigenvalue weighted by molar-refractivity contribution is -0.148. The monoisotopic (exact) mass is 200 g/mol. The second-order valence-electron chi connectivity index (χ2n) is 4.89. The third-order valence-corrected chi connectivity index (χ3v) is 3.56. The van der Waals surface area contributed by atoms with Crippen LogP contribution in [-0.2, 0) is 9.47 Å². The highest BCUT2D eigenvalue weighted by molar-refractivity contribution is 5.00. The van der Waals surface area contributed by atoms with Crippen molar-refractivity contribution in [1.82, 2.24) is 0 Å². The minimum atomic E-state index is -0.380. The Hall–Kier alpha value is -0.120. The van der Waals surface area contributed by atoms with Gasteiger partial charge in [-0.1, -0.05) is 6.92 Å². The van der Waals surface area contributed by atoms with E-state index in [1.54, 1.807) is 0 Å². The van der Waals surface area contributed by atoms with E-state index in [0.29, 0.717) is 19.1 Å². The standard InChI is InChI=1S/C11H20O3/c1-9-8-11(9,12)5-3-4-10(2)13-6-7-14-10/h9,12H,3-8H2,1-2H3/t9-,11+/m0/s1. The van der Waals surface area contributed by atoms with Crippen LogP contribution in [0.25, 0.3) is 0 Å². The zero-order valence-corrected chi connectivity index (χ0v) is 9.08. The first kappa shape index (κ1) is 10.4. The van der Waals surface area contributed by atoms with Gasteiger partial charge >= 0.3 is 0 Å². The molecule has 3 heteroatoms.